The average molecular weight is 365 g/mol. The lowest BCUT2D eigenvalue weighted by Gasteiger charge is -2.31. The lowest BCUT2D eigenvalue weighted by molar-refractivity contribution is -0.133. The van der Waals surface area contributed by atoms with Crippen molar-refractivity contribution < 1.29 is 4.79 Å². The van der Waals surface area contributed by atoms with Crippen LogP contribution in [0.3, 0.4) is 0 Å². The number of piperidine rings is 1. The van der Waals surface area contributed by atoms with Crippen molar-refractivity contribution in [3.8, 4) is 0 Å². The summed E-state index contributed by atoms with van der Waals surface area (Å²) in [5.41, 5.74) is 0.336. The predicted octanol–water partition coefficient (Wildman–Crippen LogP) is 0.886. The van der Waals surface area contributed by atoms with E-state index in [9.17, 15) is 14.4 Å². The van der Waals surface area contributed by atoms with E-state index in [1.807, 2.05) is 12.1 Å². The summed E-state index contributed by atoms with van der Waals surface area (Å²) >= 11 is 0. The van der Waals surface area contributed by atoms with Crippen LogP contribution in [0.4, 0.5) is 0 Å². The number of H-pyrrole nitrogens is 1. The van der Waals surface area contributed by atoms with Gasteiger partial charge in [0.25, 0.3) is 11.1 Å². The topological polar surface area (TPSA) is 101 Å². The molecular formula is C19H19N5O3. The first-order valence-electron chi connectivity index (χ1n) is 8.89. The number of nitrogens with one attached hydrogen (secondary N) is 1. The second-order valence-electron chi connectivity index (χ2n) is 6.69. The fourth-order valence-corrected chi connectivity index (χ4v) is 3.50. The van der Waals surface area contributed by atoms with Crippen LogP contribution in [0.15, 0.2) is 52.4 Å². The van der Waals surface area contributed by atoms with Gasteiger partial charge in [0.2, 0.25) is 5.91 Å². The third-order valence-corrected chi connectivity index (χ3v) is 5.01. The molecule has 1 amide bonds. The zero-order chi connectivity index (χ0) is 18.8. The monoisotopic (exact) mass is 365 g/mol. The molecule has 1 saturated heterocycles. The quantitative estimate of drug-likeness (QED) is 0.743. The number of hydrogen-bond acceptors (Lipinski definition) is 5. The van der Waals surface area contributed by atoms with Crippen molar-refractivity contribution >= 4 is 16.7 Å². The van der Waals surface area contributed by atoms with Gasteiger partial charge in [0.1, 0.15) is 6.54 Å². The summed E-state index contributed by atoms with van der Waals surface area (Å²) in [6, 6.07) is 8.71. The summed E-state index contributed by atoms with van der Waals surface area (Å²) in [6.45, 7) is 1.07. The van der Waals surface area contributed by atoms with E-state index < -0.39 is 0 Å². The smallest absolute Gasteiger partial charge is 0.275 e. The minimum absolute atomic E-state index is 0.0718. The highest BCUT2D eigenvalue weighted by molar-refractivity contribution is 5.81. The van der Waals surface area contributed by atoms with Crippen LogP contribution in [0.5, 0.6) is 0 Å². The Morgan fingerprint density at radius 1 is 1.19 bits per heavy atom. The summed E-state index contributed by atoms with van der Waals surface area (Å²) in [7, 11) is 0. The molecule has 1 aliphatic heterocycles. The standard InChI is InChI=1S/C19H19N5O3/c25-17-9-16(20-12-21-17)13-5-7-23(8-6-13)18(26)11-24-19(27)15-4-2-1-3-14(15)10-22-24/h1-4,9-10,12-13H,5-8,11H2,(H,20,21,25). The lowest BCUT2D eigenvalue weighted by atomic mass is 9.93. The van der Waals surface area contributed by atoms with Crippen LogP contribution < -0.4 is 11.1 Å². The maximum atomic E-state index is 12.6. The molecule has 0 spiro atoms. The van der Waals surface area contributed by atoms with E-state index in [0.717, 1.165) is 23.9 Å². The number of likely N-dealkylation sites (tertiary alicyclic amines) is 1. The molecule has 1 N–H and O–H groups in total. The van der Waals surface area contributed by atoms with Gasteiger partial charge in [0.05, 0.1) is 23.6 Å². The number of aromatic amines is 1. The molecule has 1 fully saturated rings. The van der Waals surface area contributed by atoms with Crippen LogP contribution in [0, 0.1) is 0 Å². The number of aromatic nitrogens is 4. The molecule has 27 heavy (non-hydrogen) atoms. The van der Waals surface area contributed by atoms with Gasteiger partial charge in [-0.3, -0.25) is 14.4 Å². The molecule has 8 nitrogen and oxygen atoms in total. The van der Waals surface area contributed by atoms with Crippen molar-refractivity contribution in [3.63, 3.8) is 0 Å². The van der Waals surface area contributed by atoms with Crippen molar-refractivity contribution in [1.82, 2.24) is 24.6 Å². The maximum Gasteiger partial charge on any atom is 0.275 e. The van der Waals surface area contributed by atoms with E-state index in [1.54, 1.807) is 23.2 Å². The Bertz CT molecular complexity index is 1100. The Labute approximate surface area is 154 Å². The van der Waals surface area contributed by atoms with Crippen LogP contribution in [0.2, 0.25) is 0 Å². The number of fused-ring (bicyclic) bond motifs is 1. The SMILES string of the molecule is O=C(Cn1ncc2ccccc2c1=O)N1CCC(c2cc(=O)[nH]cn2)CC1. The van der Waals surface area contributed by atoms with Crippen LogP contribution in [0.1, 0.15) is 24.5 Å². The van der Waals surface area contributed by atoms with E-state index in [0.29, 0.717) is 18.5 Å². The van der Waals surface area contributed by atoms with Crippen molar-refractivity contribution in [2.24, 2.45) is 0 Å². The molecule has 0 saturated carbocycles. The van der Waals surface area contributed by atoms with Crippen molar-refractivity contribution in [2.45, 2.75) is 25.3 Å². The van der Waals surface area contributed by atoms with Crippen LogP contribution in [-0.2, 0) is 11.3 Å². The van der Waals surface area contributed by atoms with E-state index in [2.05, 4.69) is 15.1 Å². The van der Waals surface area contributed by atoms with E-state index >= 15 is 0 Å². The van der Waals surface area contributed by atoms with Crippen LogP contribution in [0.25, 0.3) is 10.8 Å². The molecule has 138 valence electrons. The molecule has 1 aliphatic rings. The lowest BCUT2D eigenvalue weighted by Crippen LogP contribution is -2.41. The summed E-state index contributed by atoms with van der Waals surface area (Å²) in [4.78, 5) is 45.0. The summed E-state index contributed by atoms with van der Waals surface area (Å²) in [5.74, 6) is 0.0371. The molecule has 0 unspecified atom stereocenters. The molecule has 1 aromatic carbocycles. The first-order chi connectivity index (χ1) is 13.1. The molecule has 0 bridgehead atoms. The Morgan fingerprint density at radius 2 is 1.96 bits per heavy atom. The summed E-state index contributed by atoms with van der Waals surface area (Å²) in [6.07, 6.45) is 4.49. The van der Waals surface area contributed by atoms with Crippen molar-refractivity contribution in [3.05, 3.63) is 69.3 Å². The van der Waals surface area contributed by atoms with Gasteiger partial charge in [-0.15, -0.1) is 0 Å². The van der Waals surface area contributed by atoms with Gasteiger partial charge in [-0.1, -0.05) is 18.2 Å². The van der Waals surface area contributed by atoms with E-state index in [4.69, 9.17) is 0 Å². The van der Waals surface area contributed by atoms with E-state index in [-0.39, 0.29) is 29.5 Å². The Balaban J connectivity index is 1.44. The third kappa shape index (κ3) is 3.51. The fourth-order valence-electron chi connectivity index (χ4n) is 3.50. The Kier molecular flexibility index (Phi) is 4.53. The third-order valence-electron chi connectivity index (χ3n) is 5.01. The van der Waals surface area contributed by atoms with Gasteiger partial charge in [-0.2, -0.15) is 5.10 Å². The van der Waals surface area contributed by atoms with Gasteiger partial charge >= 0.3 is 0 Å². The Morgan fingerprint density at radius 3 is 2.74 bits per heavy atom. The highest BCUT2D eigenvalue weighted by Crippen LogP contribution is 2.25. The van der Waals surface area contributed by atoms with Crippen molar-refractivity contribution in [1.29, 1.82) is 0 Å². The van der Waals surface area contributed by atoms with Gasteiger partial charge < -0.3 is 9.88 Å². The normalized spacial score (nSPS) is 15.2. The number of hydrogen-bond donors (Lipinski definition) is 1. The molecule has 4 rings (SSSR count). The van der Waals surface area contributed by atoms with Crippen LogP contribution in [-0.4, -0.2) is 43.6 Å². The number of rotatable bonds is 3. The zero-order valence-corrected chi connectivity index (χ0v) is 14.7. The molecule has 3 aromatic rings. The predicted molar refractivity (Wildman–Crippen MR) is 99.4 cm³/mol. The van der Waals surface area contributed by atoms with E-state index in [1.165, 1.54) is 17.1 Å². The number of nitrogens with zero attached hydrogens (tertiary/aromatic N) is 4. The number of carbonyl (C=O) groups is 1. The Hall–Kier alpha value is -3.29. The highest BCUT2D eigenvalue weighted by atomic mass is 16.2. The minimum Gasteiger partial charge on any atom is -0.341 e. The number of amides is 1. The van der Waals surface area contributed by atoms with Crippen LogP contribution >= 0.6 is 0 Å². The molecule has 0 atom stereocenters. The van der Waals surface area contributed by atoms with Crippen molar-refractivity contribution in [2.75, 3.05) is 13.1 Å². The maximum absolute atomic E-state index is 12.6. The fraction of sp³-hybridized carbons (Fsp3) is 0.316. The molecule has 2 aromatic heterocycles. The molecule has 8 heteroatoms. The van der Waals surface area contributed by atoms with Gasteiger partial charge in [0.15, 0.2) is 0 Å². The summed E-state index contributed by atoms with van der Waals surface area (Å²) in [5, 5.41) is 5.44. The van der Waals surface area contributed by atoms with Gasteiger partial charge in [-0.05, 0) is 18.9 Å². The number of carbonyl (C=O) groups excluding carboxylic acids is 1. The van der Waals surface area contributed by atoms with Gasteiger partial charge in [0, 0.05) is 30.5 Å². The first-order valence-corrected chi connectivity index (χ1v) is 8.89. The highest BCUT2D eigenvalue weighted by Gasteiger charge is 2.25. The largest absolute Gasteiger partial charge is 0.341 e. The number of benzene rings is 1. The molecule has 0 aliphatic carbocycles. The zero-order valence-electron chi connectivity index (χ0n) is 14.7. The first kappa shape index (κ1) is 17.1. The summed E-state index contributed by atoms with van der Waals surface area (Å²) < 4.78 is 1.22. The second kappa shape index (κ2) is 7.14. The molecular weight excluding hydrogens is 346 g/mol. The molecule has 3 heterocycles. The average Bonchev–Trinajstić information content (AvgIpc) is 2.70. The molecule has 0 radical (unpaired) electrons. The second-order valence-corrected chi connectivity index (χ2v) is 6.69. The van der Waals surface area contributed by atoms with Gasteiger partial charge in [-0.25, -0.2) is 9.67 Å². The minimum atomic E-state index is -0.260.